The Kier molecular flexibility index (Phi) is 3.96. The summed E-state index contributed by atoms with van der Waals surface area (Å²) in [6.07, 6.45) is 2.34. The first kappa shape index (κ1) is 14.8. The summed E-state index contributed by atoms with van der Waals surface area (Å²) in [5.74, 6) is 0. The quantitative estimate of drug-likeness (QED) is 0.832. The number of hydrogen-bond donors (Lipinski definition) is 1. The lowest BCUT2D eigenvalue weighted by Crippen LogP contribution is -2.59. The largest absolute Gasteiger partial charge is 0.465 e. The molecule has 3 rings (SSSR count). The lowest BCUT2D eigenvalue weighted by molar-refractivity contribution is -0.0869. The van der Waals surface area contributed by atoms with E-state index in [0.717, 1.165) is 11.1 Å². The number of pyridine rings is 1. The van der Waals surface area contributed by atoms with E-state index in [1.807, 2.05) is 6.92 Å². The summed E-state index contributed by atoms with van der Waals surface area (Å²) >= 11 is 0. The van der Waals surface area contributed by atoms with Crippen LogP contribution in [0.5, 0.6) is 0 Å². The summed E-state index contributed by atoms with van der Waals surface area (Å²) < 4.78 is 5.93. The summed E-state index contributed by atoms with van der Waals surface area (Å²) in [7, 11) is 0. The number of ether oxygens (including phenoxy) is 1. The first-order chi connectivity index (χ1) is 10.6. The van der Waals surface area contributed by atoms with Crippen molar-refractivity contribution in [1.29, 1.82) is 5.26 Å². The average molecular weight is 302 g/mol. The molecule has 2 fully saturated rings. The number of nitriles is 1. The van der Waals surface area contributed by atoms with Gasteiger partial charge in [-0.25, -0.2) is 4.79 Å². The Morgan fingerprint density at radius 3 is 3.00 bits per heavy atom. The van der Waals surface area contributed by atoms with Crippen LogP contribution in [0.25, 0.3) is 0 Å². The maximum atomic E-state index is 11.1. The second kappa shape index (κ2) is 5.91. The van der Waals surface area contributed by atoms with Gasteiger partial charge in [-0.3, -0.25) is 9.88 Å². The highest BCUT2D eigenvalue weighted by Gasteiger charge is 2.36. The predicted molar refractivity (Wildman–Crippen MR) is 77.3 cm³/mol. The zero-order valence-corrected chi connectivity index (χ0v) is 12.4. The number of aromatic nitrogens is 1. The number of hydrogen-bond acceptors (Lipinski definition) is 5. The fourth-order valence-electron chi connectivity index (χ4n) is 3.12. The van der Waals surface area contributed by atoms with E-state index in [0.29, 0.717) is 38.3 Å². The molecule has 7 heteroatoms. The summed E-state index contributed by atoms with van der Waals surface area (Å²) in [6.45, 7) is 4.82. The molecule has 0 bridgehead atoms. The third kappa shape index (κ3) is 2.63. The standard InChI is InChI=1S/C15H18N4O3/c1-10-11(4-16)5-17-6-13(10)14-8-18-2-3-19(15(20)21)7-12(18)9-22-14/h5-6,12,14H,2-3,7-9H2,1H3,(H,20,21)/t12-,14+/m0/s1. The van der Waals surface area contributed by atoms with Crippen molar-refractivity contribution in [3.05, 3.63) is 29.1 Å². The third-order valence-corrected chi connectivity index (χ3v) is 4.49. The van der Waals surface area contributed by atoms with Gasteiger partial charge in [0, 0.05) is 44.1 Å². The summed E-state index contributed by atoms with van der Waals surface area (Å²) in [5.41, 5.74) is 2.42. The van der Waals surface area contributed by atoms with Crippen molar-refractivity contribution in [2.45, 2.75) is 19.1 Å². The van der Waals surface area contributed by atoms with Gasteiger partial charge in [-0.2, -0.15) is 5.26 Å². The van der Waals surface area contributed by atoms with Gasteiger partial charge in [0.1, 0.15) is 6.07 Å². The van der Waals surface area contributed by atoms with Gasteiger partial charge in [0.25, 0.3) is 0 Å². The van der Waals surface area contributed by atoms with E-state index < -0.39 is 6.09 Å². The Labute approximate surface area is 128 Å². The summed E-state index contributed by atoms with van der Waals surface area (Å²) in [4.78, 5) is 18.9. The zero-order valence-electron chi connectivity index (χ0n) is 12.4. The Bertz CT molecular complexity index is 628. The number of rotatable bonds is 1. The highest BCUT2D eigenvalue weighted by atomic mass is 16.5. The lowest BCUT2D eigenvalue weighted by Gasteiger charge is -2.45. The Morgan fingerprint density at radius 2 is 2.27 bits per heavy atom. The average Bonchev–Trinajstić information content (AvgIpc) is 2.54. The van der Waals surface area contributed by atoms with Gasteiger partial charge in [-0.1, -0.05) is 0 Å². The van der Waals surface area contributed by atoms with Crippen LogP contribution in [0.2, 0.25) is 0 Å². The second-order valence-electron chi connectivity index (χ2n) is 5.71. The molecule has 0 spiro atoms. The minimum atomic E-state index is -0.872. The number of amides is 1. The smallest absolute Gasteiger partial charge is 0.407 e. The van der Waals surface area contributed by atoms with Crippen LogP contribution < -0.4 is 0 Å². The van der Waals surface area contributed by atoms with Gasteiger partial charge in [0.15, 0.2) is 0 Å². The monoisotopic (exact) mass is 302 g/mol. The molecule has 3 heterocycles. The number of carboxylic acid groups (broad SMARTS) is 1. The number of morpholine rings is 1. The Morgan fingerprint density at radius 1 is 1.45 bits per heavy atom. The molecule has 0 aliphatic carbocycles. The summed E-state index contributed by atoms with van der Waals surface area (Å²) in [6, 6.07) is 2.25. The van der Waals surface area contributed by atoms with E-state index in [1.54, 1.807) is 12.4 Å². The van der Waals surface area contributed by atoms with Gasteiger partial charge in [0.2, 0.25) is 0 Å². The number of nitrogens with zero attached hydrogens (tertiary/aromatic N) is 4. The fourth-order valence-corrected chi connectivity index (χ4v) is 3.12. The van der Waals surface area contributed by atoms with Crippen LogP contribution in [-0.2, 0) is 4.74 Å². The molecule has 2 aliphatic rings. The van der Waals surface area contributed by atoms with E-state index in [4.69, 9.17) is 15.1 Å². The predicted octanol–water partition coefficient (Wildman–Crippen LogP) is 0.997. The van der Waals surface area contributed by atoms with E-state index >= 15 is 0 Å². The molecule has 2 atom stereocenters. The first-order valence-corrected chi connectivity index (χ1v) is 7.28. The minimum absolute atomic E-state index is 0.105. The molecular formula is C15H18N4O3. The summed E-state index contributed by atoms with van der Waals surface area (Å²) in [5, 5.41) is 18.2. The maximum absolute atomic E-state index is 11.1. The molecule has 0 aromatic carbocycles. The number of piperazine rings is 1. The van der Waals surface area contributed by atoms with Crippen LogP contribution in [0, 0.1) is 18.3 Å². The molecule has 7 nitrogen and oxygen atoms in total. The number of fused-ring (bicyclic) bond motifs is 1. The van der Waals surface area contributed by atoms with E-state index in [2.05, 4.69) is 16.0 Å². The van der Waals surface area contributed by atoms with Crippen molar-refractivity contribution in [1.82, 2.24) is 14.8 Å². The topological polar surface area (TPSA) is 89.7 Å². The van der Waals surface area contributed by atoms with Gasteiger partial charge in [-0.05, 0) is 12.5 Å². The highest BCUT2D eigenvalue weighted by molar-refractivity contribution is 5.65. The molecule has 1 aromatic rings. The SMILES string of the molecule is Cc1c(C#N)cncc1[C@H]1CN2CCN(C(=O)O)C[C@H]2CO1. The van der Waals surface area contributed by atoms with Gasteiger partial charge in [0.05, 0.1) is 24.3 Å². The van der Waals surface area contributed by atoms with Crippen LogP contribution in [0.3, 0.4) is 0 Å². The Hall–Kier alpha value is -2.17. The van der Waals surface area contributed by atoms with Crippen LogP contribution in [0.1, 0.15) is 22.8 Å². The molecule has 0 saturated carbocycles. The van der Waals surface area contributed by atoms with Gasteiger partial charge < -0.3 is 14.7 Å². The van der Waals surface area contributed by atoms with Crippen molar-refractivity contribution < 1.29 is 14.6 Å². The van der Waals surface area contributed by atoms with Crippen molar-refractivity contribution >= 4 is 6.09 Å². The van der Waals surface area contributed by atoms with Crippen molar-refractivity contribution in [2.75, 3.05) is 32.8 Å². The minimum Gasteiger partial charge on any atom is -0.465 e. The van der Waals surface area contributed by atoms with Crippen molar-refractivity contribution in [3.63, 3.8) is 0 Å². The Balaban J connectivity index is 1.74. The van der Waals surface area contributed by atoms with Crippen LogP contribution in [0.4, 0.5) is 4.79 Å². The molecule has 1 amide bonds. The number of carbonyl (C=O) groups is 1. The van der Waals surface area contributed by atoms with Crippen LogP contribution in [-0.4, -0.2) is 64.8 Å². The lowest BCUT2D eigenvalue weighted by atomic mass is 9.99. The van der Waals surface area contributed by atoms with Crippen molar-refractivity contribution in [2.24, 2.45) is 0 Å². The molecule has 2 aliphatic heterocycles. The molecule has 116 valence electrons. The van der Waals surface area contributed by atoms with Gasteiger partial charge >= 0.3 is 6.09 Å². The molecule has 0 radical (unpaired) electrons. The first-order valence-electron chi connectivity index (χ1n) is 7.28. The third-order valence-electron chi connectivity index (χ3n) is 4.49. The van der Waals surface area contributed by atoms with Crippen LogP contribution in [0.15, 0.2) is 12.4 Å². The highest BCUT2D eigenvalue weighted by Crippen LogP contribution is 2.29. The van der Waals surface area contributed by atoms with E-state index in [9.17, 15) is 4.79 Å². The molecule has 1 N–H and O–H groups in total. The molecule has 0 unspecified atom stereocenters. The van der Waals surface area contributed by atoms with Gasteiger partial charge in [-0.15, -0.1) is 0 Å². The second-order valence-corrected chi connectivity index (χ2v) is 5.71. The zero-order chi connectivity index (χ0) is 15.7. The fraction of sp³-hybridized carbons (Fsp3) is 0.533. The van der Waals surface area contributed by atoms with Crippen molar-refractivity contribution in [3.8, 4) is 6.07 Å². The normalized spacial score (nSPS) is 25.4. The molecule has 22 heavy (non-hydrogen) atoms. The molecular weight excluding hydrogens is 284 g/mol. The molecule has 1 aromatic heterocycles. The van der Waals surface area contributed by atoms with E-state index in [-0.39, 0.29) is 12.1 Å². The maximum Gasteiger partial charge on any atom is 0.407 e. The molecule has 2 saturated heterocycles. The van der Waals surface area contributed by atoms with Crippen LogP contribution >= 0.6 is 0 Å². The van der Waals surface area contributed by atoms with E-state index in [1.165, 1.54) is 4.90 Å².